The highest BCUT2D eigenvalue weighted by Gasteiger charge is 2.07. The Balaban J connectivity index is 2.92. The van der Waals surface area contributed by atoms with Crippen LogP contribution in [0.3, 0.4) is 0 Å². The molecule has 0 N–H and O–H groups in total. The minimum Gasteiger partial charge on any atom is -0.230 e. The quantitative estimate of drug-likeness (QED) is 0.525. The molecule has 2 heterocycles. The largest absolute Gasteiger partial charge is 0.230 e. The molecule has 12 heavy (non-hydrogen) atoms. The zero-order valence-corrected chi connectivity index (χ0v) is 6.26. The van der Waals surface area contributed by atoms with Crippen LogP contribution in [0.25, 0.3) is 11.2 Å². The lowest BCUT2D eigenvalue weighted by molar-refractivity contribution is 0.729. The number of hydrogen-bond donors (Lipinski definition) is 0. The molecule has 2 aromatic heterocycles. The number of nitrogens with zero attached hydrogens (tertiary/aromatic N) is 6. The summed E-state index contributed by atoms with van der Waals surface area (Å²) in [6.07, 6.45) is 1.32. The van der Waals surface area contributed by atoms with Crippen molar-refractivity contribution in [2.24, 2.45) is 7.05 Å². The summed E-state index contributed by atoms with van der Waals surface area (Å²) in [6.45, 7) is 0. The van der Waals surface area contributed by atoms with Crippen molar-refractivity contribution in [1.29, 1.82) is 5.26 Å². The van der Waals surface area contributed by atoms with Gasteiger partial charge in [-0.1, -0.05) is 5.21 Å². The van der Waals surface area contributed by atoms with E-state index in [-0.39, 0.29) is 5.69 Å². The Morgan fingerprint density at radius 3 is 3.08 bits per heavy atom. The van der Waals surface area contributed by atoms with Gasteiger partial charge in [0.15, 0.2) is 16.9 Å². The first-order valence-electron chi connectivity index (χ1n) is 3.23. The molecule has 0 spiro atoms. The van der Waals surface area contributed by atoms with Gasteiger partial charge in [-0.2, -0.15) is 5.26 Å². The standard InChI is InChI=1S/C6H4N6/c1-12-6-5(10-11-12)4(2-7)8-3-9-6/h3H,1H3. The van der Waals surface area contributed by atoms with Crippen molar-refractivity contribution in [2.45, 2.75) is 0 Å². The number of aromatic nitrogens is 5. The average Bonchev–Trinajstić information content (AvgIpc) is 2.48. The van der Waals surface area contributed by atoms with E-state index >= 15 is 0 Å². The Bertz CT molecular complexity index is 464. The zero-order valence-electron chi connectivity index (χ0n) is 6.26. The number of aryl methyl sites for hydroxylation is 1. The van der Waals surface area contributed by atoms with E-state index < -0.39 is 0 Å². The maximum Gasteiger partial charge on any atom is 0.182 e. The lowest BCUT2D eigenvalue weighted by Gasteiger charge is -1.89. The second-order valence-corrected chi connectivity index (χ2v) is 2.22. The molecule has 0 radical (unpaired) electrons. The molecule has 0 aliphatic heterocycles. The van der Waals surface area contributed by atoms with Crippen molar-refractivity contribution in [3.05, 3.63) is 12.0 Å². The normalized spacial score (nSPS) is 10.0. The van der Waals surface area contributed by atoms with Crippen LogP contribution in [0.4, 0.5) is 0 Å². The van der Waals surface area contributed by atoms with Crippen LogP contribution in [0, 0.1) is 11.3 Å². The van der Waals surface area contributed by atoms with Gasteiger partial charge in [-0.3, -0.25) is 0 Å². The maximum atomic E-state index is 8.63. The molecule has 0 fully saturated rings. The van der Waals surface area contributed by atoms with Crippen LogP contribution in [0.2, 0.25) is 0 Å². The van der Waals surface area contributed by atoms with Crippen molar-refractivity contribution in [1.82, 2.24) is 25.0 Å². The van der Waals surface area contributed by atoms with Crippen molar-refractivity contribution >= 4 is 11.2 Å². The van der Waals surface area contributed by atoms with Gasteiger partial charge in [-0.15, -0.1) is 5.10 Å². The zero-order chi connectivity index (χ0) is 8.55. The summed E-state index contributed by atoms with van der Waals surface area (Å²) in [5.74, 6) is 0. The maximum absolute atomic E-state index is 8.63. The monoisotopic (exact) mass is 160 g/mol. The Kier molecular flexibility index (Phi) is 1.24. The summed E-state index contributed by atoms with van der Waals surface area (Å²) in [7, 11) is 1.71. The van der Waals surface area contributed by atoms with Crippen LogP contribution < -0.4 is 0 Å². The van der Waals surface area contributed by atoms with E-state index in [0.29, 0.717) is 11.2 Å². The SMILES string of the molecule is Cn1nnc2c(C#N)ncnc21. The molecule has 0 aliphatic rings. The molecule has 0 saturated carbocycles. The van der Waals surface area contributed by atoms with E-state index in [9.17, 15) is 0 Å². The van der Waals surface area contributed by atoms with E-state index in [1.54, 1.807) is 7.05 Å². The highest BCUT2D eigenvalue weighted by Crippen LogP contribution is 2.07. The van der Waals surface area contributed by atoms with Gasteiger partial charge in [0.2, 0.25) is 0 Å². The van der Waals surface area contributed by atoms with Gasteiger partial charge in [0.25, 0.3) is 0 Å². The van der Waals surface area contributed by atoms with Gasteiger partial charge < -0.3 is 0 Å². The van der Waals surface area contributed by atoms with Crippen LogP contribution in [0.15, 0.2) is 6.33 Å². The minimum absolute atomic E-state index is 0.258. The third-order valence-corrected chi connectivity index (χ3v) is 1.49. The van der Waals surface area contributed by atoms with E-state index in [0.717, 1.165) is 0 Å². The van der Waals surface area contributed by atoms with Gasteiger partial charge in [0.05, 0.1) is 0 Å². The Morgan fingerprint density at radius 1 is 1.50 bits per heavy atom. The van der Waals surface area contributed by atoms with Gasteiger partial charge in [0, 0.05) is 7.05 Å². The van der Waals surface area contributed by atoms with Crippen LogP contribution in [0.1, 0.15) is 5.69 Å². The van der Waals surface area contributed by atoms with Crippen molar-refractivity contribution < 1.29 is 0 Å². The average molecular weight is 160 g/mol. The second kappa shape index (κ2) is 2.23. The lowest BCUT2D eigenvalue weighted by Crippen LogP contribution is -1.93. The van der Waals surface area contributed by atoms with Crippen LogP contribution in [0.5, 0.6) is 0 Å². The first-order valence-corrected chi connectivity index (χ1v) is 3.23. The number of rotatable bonds is 0. The fourth-order valence-electron chi connectivity index (χ4n) is 0.934. The predicted molar refractivity (Wildman–Crippen MR) is 38.8 cm³/mol. The summed E-state index contributed by atoms with van der Waals surface area (Å²) in [4.78, 5) is 7.68. The Morgan fingerprint density at radius 2 is 2.33 bits per heavy atom. The molecule has 0 saturated heterocycles. The number of fused-ring (bicyclic) bond motifs is 1. The smallest absolute Gasteiger partial charge is 0.182 e. The Hall–Kier alpha value is -2.03. The summed E-state index contributed by atoms with van der Waals surface area (Å²) >= 11 is 0. The van der Waals surface area contributed by atoms with E-state index in [4.69, 9.17) is 5.26 Å². The molecule has 58 valence electrons. The lowest BCUT2D eigenvalue weighted by atomic mass is 10.4. The van der Waals surface area contributed by atoms with Crippen LogP contribution in [-0.2, 0) is 7.05 Å². The third-order valence-electron chi connectivity index (χ3n) is 1.49. The highest BCUT2D eigenvalue weighted by atomic mass is 15.4. The first-order chi connectivity index (χ1) is 5.83. The van der Waals surface area contributed by atoms with Gasteiger partial charge in [-0.05, 0) is 0 Å². The highest BCUT2D eigenvalue weighted by molar-refractivity contribution is 5.74. The summed E-state index contributed by atoms with van der Waals surface area (Å²) in [5, 5.41) is 16.1. The van der Waals surface area contributed by atoms with Crippen molar-refractivity contribution in [2.75, 3.05) is 0 Å². The fourth-order valence-corrected chi connectivity index (χ4v) is 0.934. The van der Waals surface area contributed by atoms with Crippen molar-refractivity contribution in [3.8, 4) is 6.07 Å². The molecule has 2 aromatic rings. The van der Waals surface area contributed by atoms with Crippen molar-refractivity contribution in [3.63, 3.8) is 0 Å². The third kappa shape index (κ3) is 0.734. The van der Waals surface area contributed by atoms with Crippen LogP contribution >= 0.6 is 0 Å². The molecular weight excluding hydrogens is 156 g/mol. The second-order valence-electron chi connectivity index (χ2n) is 2.22. The van der Waals surface area contributed by atoms with Crippen LogP contribution in [-0.4, -0.2) is 25.0 Å². The number of nitriles is 1. The van der Waals surface area contributed by atoms with Gasteiger partial charge >= 0.3 is 0 Å². The minimum atomic E-state index is 0.258. The summed E-state index contributed by atoms with van der Waals surface area (Å²) in [5.41, 5.74) is 1.28. The Labute approximate surface area is 67.5 Å². The van der Waals surface area contributed by atoms with Gasteiger partial charge in [-0.25, -0.2) is 14.6 Å². The molecule has 2 rings (SSSR count). The molecule has 6 heteroatoms. The molecule has 0 atom stereocenters. The topological polar surface area (TPSA) is 80.3 Å². The molecule has 0 amide bonds. The van der Waals surface area contributed by atoms with E-state index in [1.807, 2.05) is 6.07 Å². The van der Waals surface area contributed by atoms with E-state index in [1.165, 1.54) is 11.0 Å². The summed E-state index contributed by atoms with van der Waals surface area (Å²) < 4.78 is 1.50. The number of hydrogen-bond acceptors (Lipinski definition) is 5. The molecule has 0 bridgehead atoms. The first kappa shape index (κ1) is 6.67. The molecule has 6 nitrogen and oxygen atoms in total. The van der Waals surface area contributed by atoms with Gasteiger partial charge in [0.1, 0.15) is 12.4 Å². The fraction of sp³-hybridized carbons (Fsp3) is 0.167. The molecule has 0 unspecified atom stereocenters. The molecule has 0 aliphatic carbocycles. The predicted octanol–water partition coefficient (Wildman–Crippen LogP) is -0.370. The van der Waals surface area contributed by atoms with E-state index in [2.05, 4.69) is 20.3 Å². The molecular formula is C6H4N6. The summed E-state index contributed by atoms with van der Waals surface area (Å²) in [6, 6.07) is 1.92. The molecule has 0 aromatic carbocycles.